The van der Waals surface area contributed by atoms with Gasteiger partial charge in [0.05, 0.1) is 20.8 Å². The molecule has 170 valence electrons. The van der Waals surface area contributed by atoms with E-state index in [9.17, 15) is 18.0 Å². The second-order valence-corrected chi connectivity index (χ2v) is 10.7. The van der Waals surface area contributed by atoms with Gasteiger partial charge in [0, 0.05) is 12.7 Å². The highest BCUT2D eigenvalue weighted by Crippen LogP contribution is 2.25. The molecule has 33 heavy (non-hydrogen) atoms. The summed E-state index contributed by atoms with van der Waals surface area (Å²) in [5.74, 6) is -0.492. The zero-order chi connectivity index (χ0) is 23.8. The van der Waals surface area contributed by atoms with Crippen LogP contribution in [0.4, 0.5) is 11.4 Å². The van der Waals surface area contributed by atoms with Gasteiger partial charge in [0.15, 0.2) is 0 Å². The molecule has 0 saturated carbocycles. The first kappa shape index (κ1) is 22.8. The van der Waals surface area contributed by atoms with Crippen LogP contribution < -0.4 is 14.5 Å². The number of fused-ring (bicyclic) bond motifs is 1. The van der Waals surface area contributed by atoms with Crippen molar-refractivity contribution in [1.29, 1.82) is 0 Å². The first-order valence-electron chi connectivity index (χ1n) is 10.2. The van der Waals surface area contributed by atoms with Crippen molar-refractivity contribution < 1.29 is 13.2 Å². The van der Waals surface area contributed by atoms with Crippen LogP contribution in [-0.4, -0.2) is 25.4 Å². The van der Waals surface area contributed by atoms with Gasteiger partial charge in [0.1, 0.15) is 6.54 Å². The molecule has 0 atom stereocenters. The van der Waals surface area contributed by atoms with Gasteiger partial charge in [-0.1, -0.05) is 46.7 Å². The average Bonchev–Trinajstić information content (AvgIpc) is 3.06. The van der Waals surface area contributed by atoms with Gasteiger partial charge < -0.3 is 9.88 Å². The number of carbonyl (C=O) groups excluding carboxylic acids is 1. The summed E-state index contributed by atoms with van der Waals surface area (Å²) in [5, 5.41) is 2.76. The molecule has 7 nitrogen and oxygen atoms in total. The van der Waals surface area contributed by atoms with Crippen molar-refractivity contribution in [2.75, 3.05) is 16.2 Å². The second kappa shape index (κ2) is 8.84. The monoisotopic (exact) mass is 481 g/mol. The Balaban J connectivity index is 1.64. The number of carbonyl (C=O) groups is 1. The second-order valence-electron chi connectivity index (χ2n) is 7.82. The number of aromatic nitrogens is 1. The van der Waals surface area contributed by atoms with E-state index in [1.807, 2.05) is 13.8 Å². The van der Waals surface area contributed by atoms with Gasteiger partial charge in [-0.3, -0.25) is 13.9 Å². The SMILES string of the molecule is Cc1ccc(N(CC(=O)Nc2ccc3c(c2)sc(=O)n3C)S(=O)(=O)c2ccc(C)cc2)cc1. The molecule has 0 aliphatic heterocycles. The van der Waals surface area contributed by atoms with Gasteiger partial charge in [-0.15, -0.1) is 0 Å². The third-order valence-corrected chi connectivity index (χ3v) is 8.08. The number of anilines is 2. The molecular formula is C24H23N3O4S2. The Hall–Kier alpha value is -3.43. The summed E-state index contributed by atoms with van der Waals surface area (Å²) < 4.78 is 30.3. The van der Waals surface area contributed by atoms with E-state index in [0.717, 1.165) is 37.0 Å². The standard InChI is InChI=1S/C24H23N3O4S2/c1-16-4-9-19(10-5-16)27(33(30,31)20-11-6-17(2)7-12-20)15-23(28)25-18-8-13-21-22(14-18)32-24(29)26(21)3/h4-14H,15H2,1-3H3,(H,25,28). The average molecular weight is 482 g/mol. The van der Waals surface area contributed by atoms with E-state index in [4.69, 9.17) is 0 Å². The van der Waals surface area contributed by atoms with Gasteiger partial charge in [-0.25, -0.2) is 8.42 Å². The summed E-state index contributed by atoms with van der Waals surface area (Å²) in [6.07, 6.45) is 0. The summed E-state index contributed by atoms with van der Waals surface area (Å²) in [5.41, 5.74) is 3.57. The largest absolute Gasteiger partial charge is 0.324 e. The third kappa shape index (κ3) is 4.69. The molecule has 0 unspecified atom stereocenters. The van der Waals surface area contributed by atoms with E-state index in [2.05, 4.69) is 5.32 Å². The molecule has 0 aliphatic rings. The highest BCUT2D eigenvalue weighted by atomic mass is 32.2. The lowest BCUT2D eigenvalue weighted by atomic mass is 10.2. The van der Waals surface area contributed by atoms with Crippen molar-refractivity contribution >= 4 is 48.9 Å². The summed E-state index contributed by atoms with van der Waals surface area (Å²) in [7, 11) is -2.29. The van der Waals surface area contributed by atoms with E-state index < -0.39 is 22.5 Å². The number of hydrogen-bond acceptors (Lipinski definition) is 5. The van der Waals surface area contributed by atoms with Crippen LogP contribution in [-0.2, 0) is 21.9 Å². The zero-order valence-electron chi connectivity index (χ0n) is 18.4. The van der Waals surface area contributed by atoms with Crippen LogP contribution in [0.1, 0.15) is 11.1 Å². The van der Waals surface area contributed by atoms with E-state index in [1.165, 1.54) is 12.1 Å². The first-order chi connectivity index (χ1) is 15.6. The number of aryl methyl sites for hydroxylation is 3. The maximum atomic E-state index is 13.4. The van der Waals surface area contributed by atoms with Gasteiger partial charge in [0.25, 0.3) is 10.0 Å². The smallest absolute Gasteiger partial charge is 0.307 e. The highest BCUT2D eigenvalue weighted by Gasteiger charge is 2.27. The van der Waals surface area contributed by atoms with Crippen molar-refractivity contribution in [3.8, 4) is 0 Å². The molecule has 0 bridgehead atoms. The van der Waals surface area contributed by atoms with Crippen LogP contribution in [0.15, 0.2) is 76.4 Å². The topological polar surface area (TPSA) is 88.5 Å². The molecule has 4 rings (SSSR count). The number of rotatable bonds is 6. The number of benzene rings is 3. The van der Waals surface area contributed by atoms with Gasteiger partial charge in [-0.05, 0) is 56.3 Å². The Kier molecular flexibility index (Phi) is 6.09. The van der Waals surface area contributed by atoms with Crippen LogP contribution in [0.25, 0.3) is 10.2 Å². The fourth-order valence-electron chi connectivity index (χ4n) is 3.41. The lowest BCUT2D eigenvalue weighted by molar-refractivity contribution is -0.114. The minimum atomic E-state index is -3.98. The lowest BCUT2D eigenvalue weighted by Crippen LogP contribution is -2.38. The molecule has 0 saturated heterocycles. The Morgan fingerprint density at radius 1 is 0.970 bits per heavy atom. The Morgan fingerprint density at radius 2 is 1.58 bits per heavy atom. The van der Waals surface area contributed by atoms with Crippen LogP contribution in [0.5, 0.6) is 0 Å². The molecule has 1 N–H and O–H groups in total. The van der Waals surface area contributed by atoms with E-state index in [1.54, 1.807) is 66.2 Å². The molecule has 3 aromatic carbocycles. The molecule has 1 aromatic heterocycles. The van der Waals surface area contributed by atoms with E-state index >= 15 is 0 Å². The van der Waals surface area contributed by atoms with Gasteiger partial charge in [-0.2, -0.15) is 0 Å². The zero-order valence-corrected chi connectivity index (χ0v) is 20.0. The van der Waals surface area contributed by atoms with Crippen molar-refractivity contribution in [1.82, 2.24) is 4.57 Å². The lowest BCUT2D eigenvalue weighted by Gasteiger charge is -2.24. The van der Waals surface area contributed by atoms with Crippen molar-refractivity contribution in [3.63, 3.8) is 0 Å². The maximum absolute atomic E-state index is 13.4. The van der Waals surface area contributed by atoms with Crippen molar-refractivity contribution in [2.24, 2.45) is 7.05 Å². The first-order valence-corrected chi connectivity index (χ1v) is 12.5. The Labute approximate surface area is 196 Å². The van der Waals surface area contributed by atoms with Crippen molar-refractivity contribution in [2.45, 2.75) is 18.7 Å². The molecule has 4 aromatic rings. The van der Waals surface area contributed by atoms with Crippen LogP contribution in [0.2, 0.25) is 0 Å². The Morgan fingerprint density at radius 3 is 2.21 bits per heavy atom. The molecule has 1 amide bonds. The molecule has 1 heterocycles. The van der Waals surface area contributed by atoms with Gasteiger partial charge in [0.2, 0.25) is 5.91 Å². The molecule has 0 aliphatic carbocycles. The van der Waals surface area contributed by atoms with Crippen LogP contribution >= 0.6 is 11.3 Å². The Bertz CT molecular complexity index is 1490. The quantitative estimate of drug-likeness (QED) is 0.450. The van der Waals surface area contributed by atoms with Gasteiger partial charge >= 0.3 is 4.87 Å². The van der Waals surface area contributed by atoms with E-state index in [-0.39, 0.29) is 9.77 Å². The molecule has 0 fully saturated rings. The third-order valence-electron chi connectivity index (χ3n) is 5.29. The summed E-state index contributed by atoms with van der Waals surface area (Å²) in [6.45, 7) is 3.38. The fraction of sp³-hybridized carbons (Fsp3) is 0.167. The predicted molar refractivity (Wildman–Crippen MR) is 133 cm³/mol. The molecule has 0 radical (unpaired) electrons. The predicted octanol–water partition coefficient (Wildman–Crippen LogP) is 4.05. The molecule has 9 heteroatoms. The number of nitrogens with zero attached hydrogens (tertiary/aromatic N) is 2. The van der Waals surface area contributed by atoms with Crippen LogP contribution in [0.3, 0.4) is 0 Å². The number of thiazole rings is 1. The number of nitrogens with one attached hydrogen (secondary N) is 1. The fourth-order valence-corrected chi connectivity index (χ4v) is 5.75. The van der Waals surface area contributed by atoms with Crippen molar-refractivity contribution in [3.05, 3.63) is 87.5 Å². The molecular weight excluding hydrogens is 458 g/mol. The molecule has 0 spiro atoms. The van der Waals surface area contributed by atoms with Crippen LogP contribution in [0, 0.1) is 13.8 Å². The summed E-state index contributed by atoms with van der Waals surface area (Å²) >= 11 is 1.08. The maximum Gasteiger partial charge on any atom is 0.307 e. The van der Waals surface area contributed by atoms with E-state index in [0.29, 0.717) is 11.4 Å². The number of hydrogen-bond donors (Lipinski definition) is 1. The minimum Gasteiger partial charge on any atom is -0.324 e. The number of amides is 1. The summed E-state index contributed by atoms with van der Waals surface area (Å²) in [6, 6.07) is 18.6. The highest BCUT2D eigenvalue weighted by molar-refractivity contribution is 7.92. The normalized spacial score (nSPS) is 11.5. The number of sulfonamides is 1. The summed E-state index contributed by atoms with van der Waals surface area (Å²) in [4.78, 5) is 24.8. The minimum absolute atomic E-state index is 0.0942.